The molecule has 0 bridgehead atoms. The van der Waals surface area contributed by atoms with Crippen molar-refractivity contribution in [3.05, 3.63) is 46.5 Å². The van der Waals surface area contributed by atoms with Gasteiger partial charge in [-0.3, -0.25) is 0 Å². The number of ether oxygens (including phenoxy) is 1. The van der Waals surface area contributed by atoms with Gasteiger partial charge in [-0.15, -0.1) is 10.2 Å². The van der Waals surface area contributed by atoms with Gasteiger partial charge in [-0.05, 0) is 43.9 Å². The molecule has 1 aliphatic carbocycles. The maximum atomic E-state index is 6.19. The van der Waals surface area contributed by atoms with E-state index in [4.69, 9.17) is 21.3 Å². The van der Waals surface area contributed by atoms with E-state index in [9.17, 15) is 0 Å². The Labute approximate surface area is 171 Å². The van der Waals surface area contributed by atoms with Gasteiger partial charge >= 0.3 is 0 Å². The third-order valence-corrected chi connectivity index (χ3v) is 5.50. The molecule has 1 saturated carbocycles. The van der Waals surface area contributed by atoms with Crippen LogP contribution in [0.1, 0.15) is 36.5 Å². The number of aryl methyl sites for hydroxylation is 1. The Morgan fingerprint density at radius 3 is 2.79 bits per heavy atom. The van der Waals surface area contributed by atoms with Crippen molar-refractivity contribution in [2.75, 3.05) is 26.8 Å². The van der Waals surface area contributed by atoms with Crippen molar-refractivity contribution in [2.45, 2.75) is 38.1 Å². The minimum Gasteiger partial charge on any atom is -0.385 e. The third kappa shape index (κ3) is 5.23. The summed E-state index contributed by atoms with van der Waals surface area (Å²) in [6.45, 7) is 4.74. The summed E-state index contributed by atoms with van der Waals surface area (Å²) in [5.41, 5.74) is 1.43. The Morgan fingerprint density at radius 2 is 2.14 bits per heavy atom. The number of methoxy groups -OCH3 is 1. The molecule has 1 fully saturated rings. The zero-order valence-electron chi connectivity index (χ0n) is 16.8. The second kappa shape index (κ2) is 9.39. The Balaban J connectivity index is 1.64. The molecule has 8 heteroatoms. The van der Waals surface area contributed by atoms with Gasteiger partial charge in [0.15, 0.2) is 11.8 Å². The van der Waals surface area contributed by atoms with Crippen LogP contribution in [-0.4, -0.2) is 47.5 Å². The minimum absolute atomic E-state index is 0.140. The molecule has 2 N–H and O–H groups in total. The first-order chi connectivity index (χ1) is 13.5. The molecule has 1 aliphatic rings. The highest BCUT2D eigenvalue weighted by Crippen LogP contribution is 2.48. The average molecular weight is 405 g/mol. The lowest BCUT2D eigenvalue weighted by atomic mass is 9.96. The molecular formula is C20H29ClN6O. The number of nitrogens with zero attached hydrogens (tertiary/aromatic N) is 4. The predicted octanol–water partition coefficient (Wildman–Crippen LogP) is 2.58. The summed E-state index contributed by atoms with van der Waals surface area (Å²) in [6.07, 6.45) is 3.22. The maximum Gasteiger partial charge on any atom is 0.191 e. The number of aliphatic imine (C=N–C) groups is 1. The molecule has 3 rings (SSSR count). The first kappa shape index (κ1) is 20.6. The number of rotatable bonds is 9. The molecule has 7 nitrogen and oxygen atoms in total. The number of nitrogens with one attached hydrogen (secondary N) is 2. The number of guanidine groups is 1. The van der Waals surface area contributed by atoms with E-state index in [-0.39, 0.29) is 5.41 Å². The van der Waals surface area contributed by atoms with Crippen LogP contribution in [0.2, 0.25) is 5.02 Å². The molecule has 1 aromatic carbocycles. The number of halogens is 1. The van der Waals surface area contributed by atoms with Crippen LogP contribution in [0, 0.1) is 6.92 Å². The van der Waals surface area contributed by atoms with E-state index in [1.165, 1.54) is 5.56 Å². The molecule has 0 atom stereocenters. The van der Waals surface area contributed by atoms with Crippen molar-refractivity contribution in [3.8, 4) is 0 Å². The highest BCUT2D eigenvalue weighted by atomic mass is 35.5. The monoisotopic (exact) mass is 404 g/mol. The minimum atomic E-state index is 0.140. The third-order valence-electron chi connectivity index (χ3n) is 5.26. The lowest BCUT2D eigenvalue weighted by Crippen LogP contribution is -2.42. The van der Waals surface area contributed by atoms with Crippen LogP contribution in [0.3, 0.4) is 0 Å². The highest BCUT2D eigenvalue weighted by Gasteiger charge is 2.44. The maximum absolute atomic E-state index is 6.19. The van der Waals surface area contributed by atoms with Crippen molar-refractivity contribution < 1.29 is 4.74 Å². The molecule has 0 aliphatic heterocycles. The lowest BCUT2D eigenvalue weighted by molar-refractivity contribution is 0.195. The summed E-state index contributed by atoms with van der Waals surface area (Å²) in [5, 5.41) is 16.0. The van der Waals surface area contributed by atoms with Crippen LogP contribution in [0.25, 0.3) is 0 Å². The normalized spacial score (nSPS) is 15.5. The van der Waals surface area contributed by atoms with Gasteiger partial charge in [0, 0.05) is 44.3 Å². The quantitative estimate of drug-likeness (QED) is 0.381. The molecule has 2 aromatic rings. The standard InChI is InChI=1S/C20H29ClN6O/c1-15-25-26-18(27(15)2)13-23-19(22-10-5-11-28-3)24-14-20(8-9-20)16-6-4-7-17(21)12-16/h4,6-7,12H,5,8-11,13-14H2,1-3H3,(H2,22,23,24). The van der Waals surface area contributed by atoms with Gasteiger partial charge in [0.05, 0.1) is 0 Å². The molecule has 152 valence electrons. The van der Waals surface area contributed by atoms with E-state index < -0.39 is 0 Å². The van der Waals surface area contributed by atoms with E-state index >= 15 is 0 Å². The number of aromatic nitrogens is 3. The van der Waals surface area contributed by atoms with Crippen molar-refractivity contribution in [1.29, 1.82) is 0 Å². The summed E-state index contributed by atoms with van der Waals surface area (Å²) >= 11 is 6.19. The van der Waals surface area contributed by atoms with E-state index in [0.717, 1.165) is 61.6 Å². The zero-order chi connectivity index (χ0) is 20.0. The van der Waals surface area contributed by atoms with Crippen LogP contribution in [-0.2, 0) is 23.7 Å². The molecule has 28 heavy (non-hydrogen) atoms. The van der Waals surface area contributed by atoms with E-state index in [0.29, 0.717) is 6.54 Å². The highest BCUT2D eigenvalue weighted by molar-refractivity contribution is 6.30. The van der Waals surface area contributed by atoms with Gasteiger partial charge < -0.3 is 19.9 Å². The molecule has 0 radical (unpaired) electrons. The van der Waals surface area contributed by atoms with Crippen LogP contribution >= 0.6 is 11.6 Å². The summed E-state index contributed by atoms with van der Waals surface area (Å²) in [5.74, 6) is 2.50. The van der Waals surface area contributed by atoms with Gasteiger partial charge in [-0.1, -0.05) is 23.7 Å². The Hall–Kier alpha value is -2.12. The van der Waals surface area contributed by atoms with E-state index in [1.54, 1.807) is 7.11 Å². The number of hydrogen-bond acceptors (Lipinski definition) is 4. The van der Waals surface area contributed by atoms with Crippen LogP contribution in [0.15, 0.2) is 29.3 Å². The van der Waals surface area contributed by atoms with E-state index in [1.807, 2.05) is 30.7 Å². The fraction of sp³-hybridized carbons (Fsp3) is 0.550. The fourth-order valence-electron chi connectivity index (χ4n) is 3.13. The molecular weight excluding hydrogens is 376 g/mol. The van der Waals surface area contributed by atoms with Crippen LogP contribution in [0.4, 0.5) is 0 Å². The second-order valence-corrected chi connectivity index (χ2v) is 7.74. The second-order valence-electron chi connectivity index (χ2n) is 7.30. The first-order valence-electron chi connectivity index (χ1n) is 9.66. The Morgan fingerprint density at radius 1 is 1.32 bits per heavy atom. The molecule has 0 saturated heterocycles. The van der Waals surface area contributed by atoms with E-state index in [2.05, 4.69) is 33.0 Å². The van der Waals surface area contributed by atoms with Crippen LogP contribution in [0.5, 0.6) is 0 Å². The van der Waals surface area contributed by atoms with Crippen molar-refractivity contribution in [1.82, 2.24) is 25.4 Å². The number of benzene rings is 1. The first-order valence-corrected chi connectivity index (χ1v) is 10.0. The molecule has 0 unspecified atom stereocenters. The molecule has 0 amide bonds. The van der Waals surface area contributed by atoms with Gasteiger partial charge in [-0.2, -0.15) is 0 Å². The topological polar surface area (TPSA) is 76.4 Å². The van der Waals surface area contributed by atoms with Gasteiger partial charge in [-0.25, -0.2) is 4.99 Å². The lowest BCUT2D eigenvalue weighted by Gasteiger charge is -2.19. The summed E-state index contributed by atoms with van der Waals surface area (Å²) in [4.78, 5) is 4.71. The van der Waals surface area contributed by atoms with Gasteiger partial charge in [0.2, 0.25) is 0 Å². The van der Waals surface area contributed by atoms with Crippen LogP contribution < -0.4 is 10.6 Å². The Kier molecular flexibility index (Phi) is 6.91. The average Bonchev–Trinajstić information content (AvgIpc) is 3.42. The number of hydrogen-bond donors (Lipinski definition) is 2. The fourth-order valence-corrected chi connectivity index (χ4v) is 3.32. The smallest absolute Gasteiger partial charge is 0.191 e. The van der Waals surface area contributed by atoms with Crippen molar-refractivity contribution >= 4 is 17.6 Å². The van der Waals surface area contributed by atoms with Gasteiger partial charge in [0.25, 0.3) is 0 Å². The molecule has 1 aromatic heterocycles. The van der Waals surface area contributed by atoms with Gasteiger partial charge in [0.1, 0.15) is 12.4 Å². The molecule has 0 spiro atoms. The molecule has 1 heterocycles. The predicted molar refractivity (Wildman–Crippen MR) is 112 cm³/mol. The summed E-state index contributed by atoms with van der Waals surface area (Å²) < 4.78 is 7.09. The SMILES string of the molecule is COCCCNC(=NCc1nnc(C)n1C)NCC1(c2cccc(Cl)c2)CC1. The van der Waals surface area contributed by atoms with Crippen molar-refractivity contribution in [3.63, 3.8) is 0 Å². The summed E-state index contributed by atoms with van der Waals surface area (Å²) in [7, 11) is 3.67. The van der Waals surface area contributed by atoms with Crippen molar-refractivity contribution in [2.24, 2.45) is 12.0 Å². The zero-order valence-corrected chi connectivity index (χ0v) is 17.6. The summed E-state index contributed by atoms with van der Waals surface area (Å²) in [6, 6.07) is 8.17. The largest absolute Gasteiger partial charge is 0.385 e. The Bertz CT molecular complexity index is 815.